The molecule has 0 aliphatic carbocycles. The minimum Gasteiger partial charge on any atom is -0.496 e. The molecule has 1 saturated heterocycles. The molecular weight excluding hydrogens is 489 g/mol. The first kappa shape index (κ1) is 20.5. The number of carbonyl (C=O) groups excluding carboxylic acids is 2. The van der Waals surface area contributed by atoms with Crippen molar-refractivity contribution in [1.82, 2.24) is 10.2 Å². The summed E-state index contributed by atoms with van der Waals surface area (Å²) in [5, 5.41) is 5.81. The van der Waals surface area contributed by atoms with Crippen LogP contribution >= 0.6 is 34.8 Å². The maximum atomic E-state index is 12.4. The topological polar surface area (TPSA) is 70.7 Å². The maximum absolute atomic E-state index is 12.4. The molecule has 0 aromatic heterocycles. The second kappa shape index (κ2) is 9.33. The zero-order valence-corrected chi connectivity index (χ0v) is 18.3. The van der Waals surface area contributed by atoms with Gasteiger partial charge in [-0.05, 0) is 90.1 Å². The number of amides is 2. The lowest BCUT2D eigenvalue weighted by Crippen LogP contribution is -2.34. The minimum absolute atomic E-state index is 0.0500. The van der Waals surface area contributed by atoms with Crippen LogP contribution in [0.4, 0.5) is 5.69 Å². The number of likely N-dealkylation sites (tertiary alicyclic amines) is 1. The number of anilines is 1. The average Bonchev–Trinajstić information content (AvgIpc) is 3.22. The molecule has 0 spiro atoms. The number of benzene rings is 2. The highest BCUT2D eigenvalue weighted by atomic mass is 127. The molecule has 8 heteroatoms. The summed E-state index contributed by atoms with van der Waals surface area (Å²) in [4.78, 5) is 26.6. The number of halogens is 1. The van der Waals surface area contributed by atoms with Gasteiger partial charge in [0.25, 0.3) is 11.8 Å². The lowest BCUT2D eigenvalue weighted by molar-refractivity contribution is 0.0792. The molecule has 1 heterocycles. The molecule has 2 aromatic rings. The van der Waals surface area contributed by atoms with Crippen molar-refractivity contribution >= 4 is 57.4 Å². The first-order valence-corrected chi connectivity index (χ1v) is 10.3. The van der Waals surface area contributed by atoms with Crippen LogP contribution in [-0.4, -0.2) is 42.0 Å². The fraction of sp³-hybridized carbons (Fsp3) is 0.250. The van der Waals surface area contributed by atoms with Crippen LogP contribution in [0.5, 0.6) is 5.75 Å². The van der Waals surface area contributed by atoms with Crippen molar-refractivity contribution in [3.05, 3.63) is 57.2 Å². The molecule has 6 nitrogen and oxygen atoms in total. The van der Waals surface area contributed by atoms with Crippen LogP contribution < -0.4 is 15.4 Å². The molecule has 3 rings (SSSR count). The van der Waals surface area contributed by atoms with Crippen molar-refractivity contribution in [2.24, 2.45) is 0 Å². The van der Waals surface area contributed by atoms with Crippen molar-refractivity contribution < 1.29 is 14.3 Å². The van der Waals surface area contributed by atoms with E-state index in [-0.39, 0.29) is 16.9 Å². The molecule has 1 fully saturated rings. The number of thiocarbonyl (C=S) groups is 1. The summed E-state index contributed by atoms with van der Waals surface area (Å²) < 4.78 is 6.03. The smallest absolute Gasteiger partial charge is 0.257 e. The number of carbonyl (C=O) groups is 2. The number of nitrogens with one attached hydrogen (secondary N) is 2. The average molecular weight is 509 g/mol. The highest BCUT2D eigenvalue weighted by molar-refractivity contribution is 14.1. The Morgan fingerprint density at radius 1 is 1.07 bits per heavy atom. The Hall–Kier alpha value is -2.20. The third kappa shape index (κ3) is 4.99. The number of hydrogen-bond acceptors (Lipinski definition) is 4. The predicted molar refractivity (Wildman–Crippen MR) is 121 cm³/mol. The first-order chi connectivity index (χ1) is 13.5. The summed E-state index contributed by atoms with van der Waals surface area (Å²) in [6.45, 7) is 1.64. The Morgan fingerprint density at radius 2 is 1.71 bits per heavy atom. The summed E-state index contributed by atoms with van der Waals surface area (Å²) in [6.07, 6.45) is 2.12. The van der Waals surface area contributed by atoms with E-state index in [4.69, 9.17) is 17.0 Å². The molecule has 2 aromatic carbocycles. The van der Waals surface area contributed by atoms with E-state index in [0.29, 0.717) is 22.6 Å². The van der Waals surface area contributed by atoms with Gasteiger partial charge in [-0.3, -0.25) is 14.9 Å². The van der Waals surface area contributed by atoms with Gasteiger partial charge in [0, 0.05) is 29.9 Å². The fourth-order valence-electron chi connectivity index (χ4n) is 2.94. The van der Waals surface area contributed by atoms with Gasteiger partial charge >= 0.3 is 0 Å². The van der Waals surface area contributed by atoms with E-state index < -0.39 is 0 Å². The van der Waals surface area contributed by atoms with Gasteiger partial charge < -0.3 is 15.0 Å². The Labute approximate surface area is 182 Å². The molecule has 1 aliphatic rings. The van der Waals surface area contributed by atoms with Crippen LogP contribution in [0, 0.1) is 3.57 Å². The van der Waals surface area contributed by atoms with Gasteiger partial charge in [-0.1, -0.05) is 0 Å². The normalized spacial score (nSPS) is 13.1. The van der Waals surface area contributed by atoms with Crippen LogP contribution in [0.2, 0.25) is 0 Å². The van der Waals surface area contributed by atoms with Crippen LogP contribution in [0.3, 0.4) is 0 Å². The van der Waals surface area contributed by atoms with Crippen molar-refractivity contribution in [2.45, 2.75) is 12.8 Å². The standard InChI is InChI=1S/C20H20IN3O3S/c1-27-17-9-6-14(12-16(17)21)18(25)23-20(28)22-15-7-4-13(5-8-15)19(26)24-10-2-3-11-24/h4-9,12H,2-3,10-11H2,1H3,(H2,22,23,25,28). The molecule has 0 atom stereocenters. The zero-order valence-electron chi connectivity index (χ0n) is 15.3. The summed E-state index contributed by atoms with van der Waals surface area (Å²) in [5.74, 6) is 0.453. The lowest BCUT2D eigenvalue weighted by Gasteiger charge is -2.15. The Morgan fingerprint density at radius 3 is 2.32 bits per heavy atom. The van der Waals surface area contributed by atoms with E-state index in [1.54, 1.807) is 49.6 Å². The van der Waals surface area contributed by atoms with Crippen molar-refractivity contribution in [3.8, 4) is 5.75 Å². The van der Waals surface area contributed by atoms with E-state index in [9.17, 15) is 9.59 Å². The molecule has 146 valence electrons. The molecule has 1 aliphatic heterocycles. The van der Waals surface area contributed by atoms with Crippen molar-refractivity contribution in [3.63, 3.8) is 0 Å². The zero-order chi connectivity index (χ0) is 20.1. The number of methoxy groups -OCH3 is 1. The van der Waals surface area contributed by atoms with Gasteiger partial charge in [0.15, 0.2) is 5.11 Å². The number of hydrogen-bond donors (Lipinski definition) is 2. The van der Waals surface area contributed by atoms with Crippen molar-refractivity contribution in [1.29, 1.82) is 0 Å². The van der Waals surface area contributed by atoms with Gasteiger partial charge in [0.1, 0.15) is 5.75 Å². The van der Waals surface area contributed by atoms with E-state index in [1.165, 1.54) is 0 Å². The third-order valence-corrected chi connectivity index (χ3v) is 5.47. The van der Waals surface area contributed by atoms with Crippen LogP contribution in [0.15, 0.2) is 42.5 Å². The van der Waals surface area contributed by atoms with Gasteiger partial charge in [-0.15, -0.1) is 0 Å². The van der Waals surface area contributed by atoms with Gasteiger partial charge in [-0.2, -0.15) is 0 Å². The molecule has 28 heavy (non-hydrogen) atoms. The lowest BCUT2D eigenvalue weighted by atomic mass is 10.2. The summed E-state index contributed by atoms with van der Waals surface area (Å²) in [5.41, 5.74) is 1.84. The SMILES string of the molecule is COc1ccc(C(=O)NC(=S)Nc2ccc(C(=O)N3CCCC3)cc2)cc1I. The second-order valence-corrected chi connectivity index (χ2v) is 7.90. The van der Waals surface area contributed by atoms with E-state index in [2.05, 4.69) is 33.2 Å². The van der Waals surface area contributed by atoms with Gasteiger partial charge in [0.2, 0.25) is 0 Å². The number of ether oxygens (including phenoxy) is 1. The molecule has 0 radical (unpaired) electrons. The van der Waals surface area contributed by atoms with Gasteiger partial charge in [-0.25, -0.2) is 0 Å². The summed E-state index contributed by atoms with van der Waals surface area (Å²) in [7, 11) is 1.58. The van der Waals surface area contributed by atoms with Crippen LogP contribution in [-0.2, 0) is 0 Å². The number of rotatable bonds is 4. The Bertz CT molecular complexity index is 896. The van der Waals surface area contributed by atoms with Gasteiger partial charge in [0.05, 0.1) is 10.7 Å². The predicted octanol–water partition coefficient (Wildman–Crippen LogP) is 3.66. The molecular formula is C20H20IN3O3S. The highest BCUT2D eigenvalue weighted by Crippen LogP contribution is 2.21. The van der Waals surface area contributed by atoms with E-state index >= 15 is 0 Å². The Kier molecular flexibility index (Phi) is 6.84. The maximum Gasteiger partial charge on any atom is 0.257 e. The molecule has 0 unspecified atom stereocenters. The molecule has 0 saturated carbocycles. The summed E-state index contributed by atoms with van der Waals surface area (Å²) in [6, 6.07) is 12.2. The second-order valence-electron chi connectivity index (χ2n) is 6.33. The van der Waals surface area contributed by atoms with Crippen LogP contribution in [0.1, 0.15) is 33.6 Å². The fourth-order valence-corrected chi connectivity index (χ4v) is 3.89. The minimum atomic E-state index is -0.307. The third-order valence-electron chi connectivity index (χ3n) is 4.42. The molecule has 2 amide bonds. The Balaban J connectivity index is 1.57. The quantitative estimate of drug-likeness (QED) is 0.487. The molecule has 0 bridgehead atoms. The van der Waals surface area contributed by atoms with Crippen LogP contribution in [0.25, 0.3) is 0 Å². The highest BCUT2D eigenvalue weighted by Gasteiger charge is 2.19. The number of nitrogens with zero attached hydrogens (tertiary/aromatic N) is 1. The van der Waals surface area contributed by atoms with Crippen molar-refractivity contribution in [2.75, 3.05) is 25.5 Å². The molecule has 2 N–H and O–H groups in total. The van der Waals surface area contributed by atoms with E-state index in [0.717, 1.165) is 29.5 Å². The first-order valence-electron chi connectivity index (χ1n) is 8.83. The largest absolute Gasteiger partial charge is 0.496 e. The monoisotopic (exact) mass is 509 g/mol. The van der Waals surface area contributed by atoms with E-state index in [1.807, 2.05) is 4.90 Å². The summed E-state index contributed by atoms with van der Waals surface area (Å²) >= 11 is 7.33.